The van der Waals surface area contributed by atoms with Crippen LogP contribution in [0.4, 0.5) is 29.3 Å². The third-order valence-electron chi connectivity index (χ3n) is 3.51. The number of benzene rings is 2. The molecule has 5 nitrogen and oxygen atoms in total. The van der Waals surface area contributed by atoms with Crippen LogP contribution in [0.25, 0.3) is 0 Å². The number of hydrogen-bond acceptors (Lipinski definition) is 2. The van der Waals surface area contributed by atoms with Crippen LogP contribution in [-0.4, -0.2) is 11.9 Å². The van der Waals surface area contributed by atoms with Crippen LogP contribution in [0.15, 0.2) is 42.5 Å². The Bertz CT molecular complexity index is 820. The van der Waals surface area contributed by atoms with Gasteiger partial charge < -0.3 is 16.0 Å². The zero-order chi connectivity index (χ0) is 19.3. The molecule has 2 rings (SSSR count). The number of carbonyl (C=O) groups is 2. The molecular weight excluding hydrogens is 347 g/mol. The normalized spacial score (nSPS) is 11.0. The van der Waals surface area contributed by atoms with Crippen molar-refractivity contribution in [2.45, 2.75) is 26.6 Å². The lowest BCUT2D eigenvalue weighted by Crippen LogP contribution is -2.28. The summed E-state index contributed by atoms with van der Waals surface area (Å²) in [6, 6.07) is 9.21. The van der Waals surface area contributed by atoms with Crippen molar-refractivity contribution in [1.82, 2.24) is 5.32 Å². The highest BCUT2D eigenvalue weighted by Gasteiger charge is 2.30. The second-order valence-electron chi connectivity index (χ2n) is 5.72. The minimum absolute atomic E-state index is 0.0554. The maximum absolute atomic E-state index is 12.7. The summed E-state index contributed by atoms with van der Waals surface area (Å²) in [5.41, 5.74) is 1.34. The van der Waals surface area contributed by atoms with Gasteiger partial charge in [0.1, 0.15) is 0 Å². The van der Waals surface area contributed by atoms with Gasteiger partial charge in [0.05, 0.1) is 5.56 Å². The standard InChI is InChI=1S/C18H18F3N3O2/c1-11-6-7-15(23-12(2)25)9-16(11)24-17(26)22-10-13-4-3-5-14(8-13)18(19,20)21/h3-9H,10H2,1-2H3,(H,23,25)(H2,22,24,26). The monoisotopic (exact) mass is 365 g/mol. The topological polar surface area (TPSA) is 70.2 Å². The van der Waals surface area contributed by atoms with Crippen LogP contribution < -0.4 is 16.0 Å². The largest absolute Gasteiger partial charge is 0.416 e. The predicted molar refractivity (Wildman–Crippen MR) is 92.8 cm³/mol. The van der Waals surface area contributed by atoms with Crippen LogP contribution in [0.1, 0.15) is 23.6 Å². The predicted octanol–water partition coefficient (Wildman–Crippen LogP) is 4.29. The van der Waals surface area contributed by atoms with Gasteiger partial charge in [-0.25, -0.2) is 4.79 Å². The third kappa shape index (κ3) is 5.51. The van der Waals surface area contributed by atoms with Crippen LogP contribution in [0, 0.1) is 6.92 Å². The lowest BCUT2D eigenvalue weighted by molar-refractivity contribution is -0.137. The molecule has 2 aromatic carbocycles. The van der Waals surface area contributed by atoms with Gasteiger partial charge >= 0.3 is 12.2 Å². The Kier molecular flexibility index (Phi) is 5.86. The fraction of sp³-hybridized carbons (Fsp3) is 0.222. The molecule has 0 spiro atoms. The Balaban J connectivity index is 2.00. The number of anilines is 2. The Hall–Kier alpha value is -3.03. The molecule has 0 heterocycles. The van der Waals surface area contributed by atoms with Gasteiger partial charge in [-0.3, -0.25) is 4.79 Å². The first-order valence-electron chi connectivity index (χ1n) is 7.74. The zero-order valence-corrected chi connectivity index (χ0v) is 14.2. The summed E-state index contributed by atoms with van der Waals surface area (Å²) in [4.78, 5) is 23.1. The highest BCUT2D eigenvalue weighted by atomic mass is 19.4. The molecule has 0 aromatic heterocycles. The van der Waals surface area contributed by atoms with Crippen molar-refractivity contribution in [3.8, 4) is 0 Å². The minimum atomic E-state index is -4.43. The molecule has 26 heavy (non-hydrogen) atoms. The third-order valence-corrected chi connectivity index (χ3v) is 3.51. The highest BCUT2D eigenvalue weighted by molar-refractivity contribution is 5.93. The van der Waals surface area contributed by atoms with Crippen LogP contribution >= 0.6 is 0 Å². The van der Waals surface area contributed by atoms with E-state index in [0.29, 0.717) is 16.9 Å². The maximum atomic E-state index is 12.7. The number of hydrogen-bond donors (Lipinski definition) is 3. The zero-order valence-electron chi connectivity index (χ0n) is 14.2. The van der Waals surface area contributed by atoms with E-state index in [0.717, 1.165) is 17.7 Å². The molecule has 2 aromatic rings. The second kappa shape index (κ2) is 7.90. The van der Waals surface area contributed by atoms with Gasteiger partial charge in [0.2, 0.25) is 5.91 Å². The molecule has 0 fully saturated rings. The number of aryl methyl sites for hydroxylation is 1. The molecule has 3 amide bonds. The van der Waals surface area contributed by atoms with E-state index in [4.69, 9.17) is 0 Å². The van der Waals surface area contributed by atoms with Gasteiger partial charge in [-0.2, -0.15) is 13.2 Å². The highest BCUT2D eigenvalue weighted by Crippen LogP contribution is 2.29. The lowest BCUT2D eigenvalue weighted by atomic mass is 10.1. The SMILES string of the molecule is CC(=O)Nc1ccc(C)c(NC(=O)NCc2cccc(C(F)(F)F)c2)c1. The molecule has 0 saturated carbocycles. The van der Waals surface area contributed by atoms with Crippen molar-refractivity contribution in [2.75, 3.05) is 10.6 Å². The minimum Gasteiger partial charge on any atom is -0.334 e. The second-order valence-corrected chi connectivity index (χ2v) is 5.72. The van der Waals surface area contributed by atoms with E-state index < -0.39 is 17.8 Å². The van der Waals surface area contributed by atoms with Gasteiger partial charge in [0.25, 0.3) is 0 Å². The molecule has 0 saturated heterocycles. The summed E-state index contributed by atoms with van der Waals surface area (Å²) in [5.74, 6) is -0.242. The van der Waals surface area contributed by atoms with E-state index in [1.807, 2.05) is 0 Å². The van der Waals surface area contributed by atoms with Crippen LogP contribution in [-0.2, 0) is 17.5 Å². The van der Waals surface area contributed by atoms with Gasteiger partial charge in [0, 0.05) is 24.8 Å². The Labute approximate surface area is 148 Å². The van der Waals surface area contributed by atoms with Gasteiger partial charge in [-0.15, -0.1) is 0 Å². The Morgan fingerprint density at radius 2 is 1.77 bits per heavy atom. The van der Waals surface area contributed by atoms with E-state index in [2.05, 4.69) is 16.0 Å². The molecule has 138 valence electrons. The smallest absolute Gasteiger partial charge is 0.334 e. The van der Waals surface area contributed by atoms with Crippen molar-refractivity contribution in [1.29, 1.82) is 0 Å². The van der Waals surface area contributed by atoms with E-state index in [9.17, 15) is 22.8 Å². The van der Waals surface area contributed by atoms with Gasteiger partial charge in [0.15, 0.2) is 0 Å². The number of rotatable bonds is 4. The van der Waals surface area contributed by atoms with E-state index in [1.54, 1.807) is 25.1 Å². The number of nitrogens with one attached hydrogen (secondary N) is 3. The average Bonchev–Trinajstić information content (AvgIpc) is 2.55. The number of alkyl halides is 3. The summed E-state index contributed by atoms with van der Waals surface area (Å²) in [6.45, 7) is 3.09. The molecule has 0 atom stereocenters. The summed E-state index contributed by atoms with van der Waals surface area (Å²) in [6.07, 6.45) is -4.43. The summed E-state index contributed by atoms with van der Waals surface area (Å²) < 4.78 is 38.1. The molecule has 0 aliphatic carbocycles. The van der Waals surface area contributed by atoms with Crippen LogP contribution in [0.3, 0.4) is 0 Å². The van der Waals surface area contributed by atoms with Crippen LogP contribution in [0.5, 0.6) is 0 Å². The van der Waals surface area contributed by atoms with E-state index >= 15 is 0 Å². The fourth-order valence-electron chi connectivity index (χ4n) is 2.24. The molecule has 0 radical (unpaired) electrons. The summed E-state index contributed by atoms with van der Waals surface area (Å²) >= 11 is 0. The quantitative estimate of drug-likeness (QED) is 0.756. The van der Waals surface area contributed by atoms with E-state index in [1.165, 1.54) is 19.1 Å². The fourth-order valence-corrected chi connectivity index (χ4v) is 2.24. The molecular formula is C18H18F3N3O2. The first-order valence-corrected chi connectivity index (χ1v) is 7.74. The molecule has 0 aliphatic rings. The molecule has 0 unspecified atom stereocenters. The molecule has 8 heteroatoms. The maximum Gasteiger partial charge on any atom is 0.416 e. The van der Waals surface area contributed by atoms with Gasteiger partial charge in [-0.05, 0) is 42.3 Å². The Morgan fingerprint density at radius 3 is 2.42 bits per heavy atom. The van der Waals surface area contributed by atoms with Crippen molar-refractivity contribution >= 4 is 23.3 Å². The Morgan fingerprint density at radius 1 is 1.04 bits per heavy atom. The van der Waals surface area contributed by atoms with Crippen molar-refractivity contribution in [3.05, 3.63) is 59.2 Å². The first kappa shape index (κ1) is 19.3. The average molecular weight is 365 g/mol. The lowest BCUT2D eigenvalue weighted by Gasteiger charge is -2.13. The van der Waals surface area contributed by atoms with Gasteiger partial charge in [-0.1, -0.05) is 18.2 Å². The van der Waals surface area contributed by atoms with Crippen molar-refractivity contribution in [3.63, 3.8) is 0 Å². The van der Waals surface area contributed by atoms with Crippen molar-refractivity contribution in [2.24, 2.45) is 0 Å². The first-order chi connectivity index (χ1) is 12.1. The number of amides is 3. The molecule has 3 N–H and O–H groups in total. The van der Waals surface area contributed by atoms with Crippen LogP contribution in [0.2, 0.25) is 0 Å². The summed E-state index contributed by atoms with van der Waals surface area (Å²) in [5, 5.41) is 7.73. The van der Waals surface area contributed by atoms with E-state index in [-0.39, 0.29) is 12.5 Å². The summed E-state index contributed by atoms with van der Waals surface area (Å²) in [7, 11) is 0. The molecule has 0 bridgehead atoms. The number of urea groups is 1. The molecule has 0 aliphatic heterocycles. The number of halogens is 3. The van der Waals surface area contributed by atoms with Crippen molar-refractivity contribution < 1.29 is 22.8 Å². The number of carbonyl (C=O) groups excluding carboxylic acids is 2.